The van der Waals surface area contributed by atoms with Crippen molar-refractivity contribution in [2.45, 2.75) is 52.9 Å². The molecule has 37 heavy (non-hydrogen) atoms. The fourth-order valence-electron chi connectivity index (χ4n) is 4.98. The predicted molar refractivity (Wildman–Crippen MR) is 140 cm³/mol. The zero-order valence-corrected chi connectivity index (χ0v) is 21.7. The van der Waals surface area contributed by atoms with Gasteiger partial charge >= 0.3 is 0 Å². The first-order valence-corrected chi connectivity index (χ1v) is 13.1. The normalized spacial score (nSPS) is 15.5. The van der Waals surface area contributed by atoms with Gasteiger partial charge in [-0.05, 0) is 42.2 Å². The quantitative estimate of drug-likeness (QED) is 0.296. The second-order valence-corrected chi connectivity index (χ2v) is 11.2. The number of hydrogen-bond donors (Lipinski definition) is 1. The molecule has 0 saturated carbocycles. The van der Waals surface area contributed by atoms with Crippen LogP contribution >= 0.6 is 11.3 Å². The lowest BCUT2D eigenvalue weighted by Gasteiger charge is -2.36. The maximum Gasteiger partial charge on any atom is 0.280 e. The number of nitriles is 1. The van der Waals surface area contributed by atoms with Crippen LogP contribution in [0.2, 0.25) is 0 Å². The standard InChI is InChI=1S/C28H27F2N5OS/c1-4-28(2,3)17-10-11-18-19(14-31)27(37-23(18)12-17)34-26(36)20-15-32-35-22(24(29)30)13-21(33-25(20)35)16-8-6-5-7-9-16/h5-9,13,15,17,24H,4,10-12H2,1-3H3,(H,34,36)/t17-/m0/s1. The van der Waals surface area contributed by atoms with Gasteiger partial charge in [-0.3, -0.25) is 4.79 Å². The third kappa shape index (κ3) is 4.51. The maximum absolute atomic E-state index is 13.9. The fraction of sp³-hybridized carbons (Fsp3) is 0.357. The van der Waals surface area contributed by atoms with E-state index >= 15 is 0 Å². The number of carbonyl (C=O) groups is 1. The molecule has 1 atom stereocenters. The number of halogens is 2. The average Bonchev–Trinajstić information content (AvgIpc) is 3.48. The number of carbonyl (C=O) groups excluding carboxylic acids is 1. The van der Waals surface area contributed by atoms with Crippen molar-refractivity contribution in [3.8, 4) is 17.3 Å². The molecule has 9 heteroatoms. The Morgan fingerprint density at radius 2 is 2.08 bits per heavy atom. The molecule has 3 aromatic heterocycles. The van der Waals surface area contributed by atoms with Crippen molar-refractivity contribution < 1.29 is 13.6 Å². The van der Waals surface area contributed by atoms with Gasteiger partial charge in [-0.25, -0.2) is 18.3 Å². The Bertz CT molecular complexity index is 1520. The summed E-state index contributed by atoms with van der Waals surface area (Å²) in [7, 11) is 0. The number of fused-ring (bicyclic) bond motifs is 2. The largest absolute Gasteiger partial charge is 0.312 e. The van der Waals surface area contributed by atoms with Gasteiger partial charge in [0.1, 0.15) is 22.3 Å². The fourth-order valence-corrected chi connectivity index (χ4v) is 6.25. The molecule has 0 radical (unpaired) electrons. The summed E-state index contributed by atoms with van der Waals surface area (Å²) in [6.07, 6.45) is 2.19. The van der Waals surface area contributed by atoms with E-state index in [9.17, 15) is 18.8 Å². The molecule has 1 aliphatic carbocycles. The Labute approximate surface area is 218 Å². The molecule has 0 saturated heterocycles. The van der Waals surface area contributed by atoms with Crippen molar-refractivity contribution in [3.05, 3.63) is 69.9 Å². The second-order valence-electron chi connectivity index (χ2n) is 10.1. The molecule has 6 nitrogen and oxygen atoms in total. The minimum Gasteiger partial charge on any atom is -0.312 e. The SMILES string of the molecule is CCC(C)(C)[C@H]1CCc2c(sc(NC(=O)c3cnn4c(C(F)F)cc(-c5ccccc5)nc34)c2C#N)C1. The molecule has 1 aliphatic rings. The zero-order valence-electron chi connectivity index (χ0n) is 20.9. The lowest BCUT2D eigenvalue weighted by Crippen LogP contribution is -2.28. The zero-order chi connectivity index (χ0) is 26.3. The van der Waals surface area contributed by atoms with Crippen LogP contribution in [0.25, 0.3) is 16.9 Å². The Hall–Kier alpha value is -3.64. The van der Waals surface area contributed by atoms with Gasteiger partial charge in [0.05, 0.1) is 17.5 Å². The van der Waals surface area contributed by atoms with Gasteiger partial charge in [-0.2, -0.15) is 10.4 Å². The first-order valence-electron chi connectivity index (χ1n) is 12.3. The molecule has 5 rings (SSSR count). The van der Waals surface area contributed by atoms with Gasteiger partial charge in [0, 0.05) is 10.4 Å². The predicted octanol–water partition coefficient (Wildman–Crippen LogP) is 7.06. The number of anilines is 1. The molecule has 1 amide bonds. The molecular weight excluding hydrogens is 492 g/mol. The minimum atomic E-state index is -2.81. The molecular formula is C28H27F2N5OS. The maximum atomic E-state index is 13.9. The summed E-state index contributed by atoms with van der Waals surface area (Å²) in [5.41, 5.74) is 2.43. The highest BCUT2D eigenvalue weighted by molar-refractivity contribution is 7.16. The van der Waals surface area contributed by atoms with Gasteiger partial charge in [-0.1, -0.05) is 57.5 Å². The Morgan fingerprint density at radius 1 is 1.32 bits per heavy atom. The molecule has 0 aliphatic heterocycles. The van der Waals surface area contributed by atoms with Crippen molar-refractivity contribution in [1.29, 1.82) is 5.26 Å². The highest BCUT2D eigenvalue weighted by Crippen LogP contribution is 2.45. The van der Waals surface area contributed by atoms with Crippen LogP contribution in [0.1, 0.15) is 72.1 Å². The van der Waals surface area contributed by atoms with Crippen molar-refractivity contribution in [3.63, 3.8) is 0 Å². The van der Waals surface area contributed by atoms with Gasteiger partial charge in [0.15, 0.2) is 5.65 Å². The van der Waals surface area contributed by atoms with Crippen LogP contribution in [0.5, 0.6) is 0 Å². The van der Waals surface area contributed by atoms with Crippen LogP contribution in [0, 0.1) is 22.7 Å². The highest BCUT2D eigenvalue weighted by Gasteiger charge is 2.34. The molecule has 1 aromatic carbocycles. The lowest BCUT2D eigenvalue weighted by atomic mass is 9.69. The summed E-state index contributed by atoms with van der Waals surface area (Å²) in [6.45, 7) is 6.75. The highest BCUT2D eigenvalue weighted by atomic mass is 32.1. The monoisotopic (exact) mass is 519 g/mol. The summed E-state index contributed by atoms with van der Waals surface area (Å²) in [4.78, 5) is 19.0. The number of nitrogens with zero attached hydrogens (tertiary/aromatic N) is 4. The molecule has 3 heterocycles. The van der Waals surface area contributed by atoms with E-state index in [1.165, 1.54) is 23.6 Å². The minimum absolute atomic E-state index is 0.0405. The summed E-state index contributed by atoms with van der Waals surface area (Å²) in [5.74, 6) is -0.0276. The smallest absolute Gasteiger partial charge is 0.280 e. The molecule has 190 valence electrons. The van der Waals surface area contributed by atoms with Crippen molar-refractivity contribution in [2.75, 3.05) is 5.32 Å². The topological polar surface area (TPSA) is 83.1 Å². The van der Waals surface area contributed by atoms with E-state index in [1.807, 2.05) is 6.07 Å². The Morgan fingerprint density at radius 3 is 2.76 bits per heavy atom. The summed E-state index contributed by atoms with van der Waals surface area (Å²) in [5, 5.41) is 17.3. The van der Waals surface area contributed by atoms with Gasteiger partial charge in [0.2, 0.25) is 0 Å². The van der Waals surface area contributed by atoms with E-state index in [2.05, 4.69) is 42.2 Å². The van der Waals surface area contributed by atoms with Crippen LogP contribution in [0.4, 0.5) is 13.8 Å². The molecule has 0 bridgehead atoms. The number of amides is 1. The number of benzene rings is 1. The van der Waals surface area contributed by atoms with E-state index in [4.69, 9.17) is 0 Å². The summed E-state index contributed by atoms with van der Waals surface area (Å²) >= 11 is 1.43. The second kappa shape index (κ2) is 9.67. The molecule has 0 spiro atoms. The molecule has 4 aromatic rings. The number of alkyl halides is 2. The van der Waals surface area contributed by atoms with E-state index in [-0.39, 0.29) is 22.3 Å². The lowest BCUT2D eigenvalue weighted by molar-refractivity contribution is 0.102. The van der Waals surface area contributed by atoms with E-state index < -0.39 is 12.3 Å². The Balaban J connectivity index is 1.51. The van der Waals surface area contributed by atoms with Crippen LogP contribution in [0.15, 0.2) is 42.6 Å². The van der Waals surface area contributed by atoms with Gasteiger partial charge in [0.25, 0.3) is 12.3 Å². The van der Waals surface area contributed by atoms with Crippen LogP contribution in [-0.4, -0.2) is 20.5 Å². The van der Waals surface area contributed by atoms with Crippen molar-refractivity contribution in [2.24, 2.45) is 11.3 Å². The molecule has 0 fully saturated rings. The number of aromatic nitrogens is 3. The van der Waals surface area contributed by atoms with Crippen molar-refractivity contribution >= 4 is 27.9 Å². The molecule has 1 N–H and O–H groups in total. The molecule has 0 unspecified atom stereocenters. The van der Waals surface area contributed by atoms with Gasteiger partial charge < -0.3 is 5.32 Å². The van der Waals surface area contributed by atoms with Crippen LogP contribution in [-0.2, 0) is 12.8 Å². The third-order valence-electron chi connectivity index (χ3n) is 7.66. The van der Waals surface area contributed by atoms with Gasteiger partial charge in [-0.15, -0.1) is 11.3 Å². The Kier molecular flexibility index (Phi) is 6.54. The first kappa shape index (κ1) is 25.0. The number of hydrogen-bond acceptors (Lipinski definition) is 5. The van der Waals surface area contributed by atoms with E-state index in [0.717, 1.165) is 40.6 Å². The van der Waals surface area contributed by atoms with E-state index in [1.54, 1.807) is 24.3 Å². The summed E-state index contributed by atoms with van der Waals surface area (Å²) < 4.78 is 28.8. The first-order chi connectivity index (χ1) is 17.7. The van der Waals surface area contributed by atoms with Crippen molar-refractivity contribution in [1.82, 2.24) is 14.6 Å². The average molecular weight is 520 g/mol. The van der Waals surface area contributed by atoms with Crippen LogP contribution in [0.3, 0.4) is 0 Å². The third-order valence-corrected chi connectivity index (χ3v) is 8.83. The van der Waals surface area contributed by atoms with Crippen LogP contribution < -0.4 is 5.32 Å². The summed E-state index contributed by atoms with van der Waals surface area (Å²) in [6, 6.07) is 12.5. The number of rotatable bonds is 6. The van der Waals surface area contributed by atoms with E-state index in [0.29, 0.717) is 27.7 Å². The number of nitrogens with one attached hydrogen (secondary N) is 1. The number of thiophene rings is 1.